The Morgan fingerprint density at radius 2 is 2.23 bits per heavy atom. The molecule has 0 spiro atoms. The molecule has 0 radical (unpaired) electrons. The number of ether oxygens (including phenoxy) is 1. The van der Waals surface area contributed by atoms with E-state index in [1.54, 1.807) is 6.20 Å². The second kappa shape index (κ2) is 6.70. The first kappa shape index (κ1) is 16.4. The Morgan fingerprint density at radius 3 is 3.08 bits per heavy atom. The van der Waals surface area contributed by atoms with Crippen molar-refractivity contribution in [2.24, 2.45) is 0 Å². The first-order chi connectivity index (χ1) is 12.7. The Morgan fingerprint density at radius 1 is 1.35 bits per heavy atom. The van der Waals surface area contributed by atoms with Gasteiger partial charge in [0.2, 0.25) is 0 Å². The lowest BCUT2D eigenvalue weighted by molar-refractivity contribution is -0.141. The third-order valence-electron chi connectivity index (χ3n) is 4.57. The molecule has 1 aliphatic rings. The van der Waals surface area contributed by atoms with Gasteiger partial charge in [0.25, 0.3) is 0 Å². The van der Waals surface area contributed by atoms with Crippen molar-refractivity contribution in [1.82, 2.24) is 34.5 Å². The summed E-state index contributed by atoms with van der Waals surface area (Å²) in [6.07, 6.45) is 6.37. The largest absolute Gasteiger partial charge is 0.468 e. The highest BCUT2D eigenvalue weighted by Crippen LogP contribution is 2.25. The van der Waals surface area contributed by atoms with E-state index in [1.165, 1.54) is 18.1 Å². The van der Waals surface area contributed by atoms with Crippen LogP contribution in [0.3, 0.4) is 0 Å². The van der Waals surface area contributed by atoms with Gasteiger partial charge in [-0.25, -0.2) is 14.6 Å². The van der Waals surface area contributed by atoms with Crippen LogP contribution < -0.4 is 5.32 Å². The minimum absolute atomic E-state index is 0.00366. The summed E-state index contributed by atoms with van der Waals surface area (Å²) in [5.41, 5.74) is 0.573. The maximum absolute atomic E-state index is 11.5. The van der Waals surface area contributed by atoms with E-state index in [-0.39, 0.29) is 18.6 Å². The molecule has 4 rings (SSSR count). The van der Waals surface area contributed by atoms with Crippen molar-refractivity contribution in [2.45, 2.75) is 45.3 Å². The third kappa shape index (κ3) is 2.87. The Balaban J connectivity index is 1.61. The van der Waals surface area contributed by atoms with E-state index in [2.05, 4.69) is 35.1 Å². The van der Waals surface area contributed by atoms with Crippen molar-refractivity contribution < 1.29 is 9.53 Å². The molecule has 3 aromatic rings. The number of fused-ring (bicyclic) bond motifs is 2. The summed E-state index contributed by atoms with van der Waals surface area (Å²) < 4.78 is 8.37. The summed E-state index contributed by atoms with van der Waals surface area (Å²) in [5, 5.41) is 17.0. The second-order valence-corrected chi connectivity index (χ2v) is 6.29. The highest BCUT2D eigenvalue weighted by molar-refractivity contribution is 5.87. The molecule has 0 bridgehead atoms. The summed E-state index contributed by atoms with van der Waals surface area (Å²) >= 11 is 0. The zero-order valence-electron chi connectivity index (χ0n) is 14.7. The number of hydrogen-bond donors (Lipinski definition) is 1. The lowest BCUT2D eigenvalue weighted by atomic mass is 10.1. The number of aryl methyl sites for hydroxylation is 1. The van der Waals surface area contributed by atoms with Crippen LogP contribution in [0.4, 0.5) is 5.82 Å². The van der Waals surface area contributed by atoms with Crippen LogP contribution in [0.2, 0.25) is 0 Å². The van der Waals surface area contributed by atoms with Crippen LogP contribution in [0.1, 0.15) is 37.5 Å². The van der Waals surface area contributed by atoms with Crippen LogP contribution in [-0.4, -0.2) is 47.6 Å². The number of nitrogens with zero attached hydrogens (tertiary/aromatic N) is 7. The molecule has 1 atom stereocenters. The standard InChI is InChI=1S/C16H20N8O2/c1-10(15-22-21-12-5-3-4-6-23(12)15)20-14-11-7-19-24(8-13(25)26-2)16(11)18-9-17-14/h7,9-10H,3-6,8H2,1-2H3,(H,17,18,20). The summed E-state index contributed by atoms with van der Waals surface area (Å²) in [7, 11) is 1.34. The van der Waals surface area contributed by atoms with Gasteiger partial charge in [0.15, 0.2) is 11.5 Å². The van der Waals surface area contributed by atoms with Crippen molar-refractivity contribution in [3.63, 3.8) is 0 Å². The van der Waals surface area contributed by atoms with Crippen LogP contribution >= 0.6 is 0 Å². The van der Waals surface area contributed by atoms with E-state index in [4.69, 9.17) is 4.74 Å². The van der Waals surface area contributed by atoms with Crippen LogP contribution in [0.15, 0.2) is 12.5 Å². The summed E-state index contributed by atoms with van der Waals surface area (Å²) in [6, 6.07) is -0.0728. The molecule has 4 heterocycles. The fraction of sp³-hybridized carbons (Fsp3) is 0.500. The number of carbonyl (C=O) groups excluding carboxylic acids is 1. The van der Waals surface area contributed by atoms with Crippen molar-refractivity contribution in [2.75, 3.05) is 12.4 Å². The highest BCUT2D eigenvalue weighted by Gasteiger charge is 2.21. The van der Waals surface area contributed by atoms with E-state index in [0.717, 1.165) is 42.8 Å². The lowest BCUT2D eigenvalue weighted by Gasteiger charge is -2.19. The molecule has 26 heavy (non-hydrogen) atoms. The van der Waals surface area contributed by atoms with Gasteiger partial charge in [-0.05, 0) is 19.8 Å². The number of aromatic nitrogens is 7. The third-order valence-corrected chi connectivity index (χ3v) is 4.57. The maximum Gasteiger partial charge on any atom is 0.327 e. The minimum atomic E-state index is -0.383. The molecule has 0 saturated carbocycles. The summed E-state index contributed by atoms with van der Waals surface area (Å²) in [5.74, 6) is 2.20. The number of esters is 1. The van der Waals surface area contributed by atoms with Gasteiger partial charge in [-0.15, -0.1) is 10.2 Å². The number of anilines is 1. The zero-order valence-corrected chi connectivity index (χ0v) is 14.7. The first-order valence-corrected chi connectivity index (χ1v) is 8.59. The maximum atomic E-state index is 11.5. The lowest BCUT2D eigenvalue weighted by Crippen LogP contribution is -2.18. The van der Waals surface area contributed by atoms with Gasteiger partial charge < -0.3 is 14.6 Å². The van der Waals surface area contributed by atoms with Gasteiger partial charge in [-0.3, -0.25) is 4.79 Å². The van der Waals surface area contributed by atoms with Crippen LogP contribution in [0.25, 0.3) is 11.0 Å². The topological polar surface area (TPSA) is 113 Å². The van der Waals surface area contributed by atoms with Crippen molar-refractivity contribution in [1.29, 1.82) is 0 Å². The number of carbonyl (C=O) groups is 1. The van der Waals surface area contributed by atoms with Gasteiger partial charge in [-0.2, -0.15) is 5.10 Å². The molecule has 3 aromatic heterocycles. The van der Waals surface area contributed by atoms with Crippen molar-refractivity contribution in [3.05, 3.63) is 24.2 Å². The molecule has 10 nitrogen and oxygen atoms in total. The Bertz CT molecular complexity index is 947. The van der Waals surface area contributed by atoms with Gasteiger partial charge >= 0.3 is 5.97 Å². The average Bonchev–Trinajstić information content (AvgIpc) is 3.27. The number of methoxy groups -OCH3 is 1. The van der Waals surface area contributed by atoms with Gasteiger partial charge in [-0.1, -0.05) is 0 Å². The molecule has 1 N–H and O–H groups in total. The van der Waals surface area contributed by atoms with E-state index in [9.17, 15) is 4.79 Å². The van der Waals surface area contributed by atoms with Crippen LogP contribution in [0, 0.1) is 0 Å². The van der Waals surface area contributed by atoms with E-state index in [0.29, 0.717) is 11.5 Å². The molecule has 10 heteroatoms. The molecule has 1 unspecified atom stereocenters. The first-order valence-electron chi connectivity index (χ1n) is 8.59. The molecule has 1 aliphatic heterocycles. The van der Waals surface area contributed by atoms with Crippen molar-refractivity contribution >= 4 is 22.8 Å². The van der Waals surface area contributed by atoms with Crippen molar-refractivity contribution in [3.8, 4) is 0 Å². The van der Waals surface area contributed by atoms with Crippen LogP contribution in [0.5, 0.6) is 0 Å². The molecular formula is C16H20N8O2. The van der Waals surface area contributed by atoms with E-state index >= 15 is 0 Å². The Labute approximate surface area is 149 Å². The normalized spacial score (nSPS) is 14.8. The predicted octanol–water partition coefficient (Wildman–Crippen LogP) is 1.10. The Hall–Kier alpha value is -3.04. The van der Waals surface area contributed by atoms with Gasteiger partial charge in [0.05, 0.1) is 24.7 Å². The SMILES string of the molecule is COC(=O)Cn1ncc2c(NC(C)c3nnc4n3CCCC4)ncnc21. The highest BCUT2D eigenvalue weighted by atomic mass is 16.5. The zero-order chi connectivity index (χ0) is 18.1. The van der Waals surface area contributed by atoms with E-state index < -0.39 is 0 Å². The fourth-order valence-electron chi connectivity index (χ4n) is 3.23. The second-order valence-electron chi connectivity index (χ2n) is 6.29. The molecular weight excluding hydrogens is 336 g/mol. The Kier molecular flexibility index (Phi) is 4.23. The molecule has 136 valence electrons. The molecule has 0 aromatic carbocycles. The summed E-state index contributed by atoms with van der Waals surface area (Å²) in [4.78, 5) is 20.1. The smallest absolute Gasteiger partial charge is 0.327 e. The van der Waals surface area contributed by atoms with Gasteiger partial charge in [0, 0.05) is 13.0 Å². The van der Waals surface area contributed by atoms with Crippen LogP contribution in [-0.2, 0) is 29.0 Å². The number of hydrogen-bond acceptors (Lipinski definition) is 8. The molecule has 0 saturated heterocycles. The fourth-order valence-corrected chi connectivity index (χ4v) is 3.23. The monoisotopic (exact) mass is 356 g/mol. The molecule has 0 amide bonds. The predicted molar refractivity (Wildman–Crippen MR) is 92.3 cm³/mol. The van der Waals surface area contributed by atoms with E-state index in [1.807, 2.05) is 6.92 Å². The van der Waals surface area contributed by atoms with Gasteiger partial charge in [0.1, 0.15) is 24.5 Å². The summed E-state index contributed by atoms with van der Waals surface area (Å²) in [6.45, 7) is 2.97. The average molecular weight is 356 g/mol. The molecule has 0 fully saturated rings. The number of nitrogens with one attached hydrogen (secondary N) is 1. The quantitative estimate of drug-likeness (QED) is 0.676. The molecule has 0 aliphatic carbocycles. The minimum Gasteiger partial charge on any atom is -0.468 e. The number of rotatable bonds is 5.